The highest BCUT2D eigenvalue weighted by atomic mass is 16.6. The van der Waals surface area contributed by atoms with Crippen LogP contribution in [0.15, 0.2) is 5.16 Å². The maximum Gasteiger partial charge on any atom is 0.158 e. The third kappa shape index (κ3) is 1.93. The lowest BCUT2D eigenvalue weighted by atomic mass is 10.0. The van der Waals surface area contributed by atoms with Crippen LogP contribution in [0.5, 0.6) is 0 Å². The molecule has 11 heavy (non-hydrogen) atoms. The van der Waals surface area contributed by atoms with Crippen molar-refractivity contribution in [3.8, 4) is 0 Å². The lowest BCUT2D eigenvalue weighted by Gasteiger charge is -2.10. The molecule has 0 spiro atoms. The van der Waals surface area contributed by atoms with E-state index in [1.54, 1.807) is 6.92 Å². The maximum atomic E-state index is 9.15. The van der Waals surface area contributed by atoms with Gasteiger partial charge in [-0.1, -0.05) is 19.0 Å². The predicted octanol–water partition coefficient (Wildman–Crippen LogP) is 1.17. The quantitative estimate of drug-likeness (QED) is 0.653. The normalized spacial score (nSPS) is 26.6. The summed E-state index contributed by atoms with van der Waals surface area (Å²) in [5, 5.41) is 13.0. The summed E-state index contributed by atoms with van der Waals surface area (Å²) in [5.41, 5.74) is 1.05. The fourth-order valence-corrected chi connectivity index (χ4v) is 1.02. The minimum Gasteiger partial charge on any atom is -0.389 e. The molecule has 1 aliphatic rings. The molecule has 0 saturated heterocycles. The van der Waals surface area contributed by atoms with Crippen LogP contribution in [0, 0.1) is 5.92 Å². The lowest BCUT2D eigenvalue weighted by Crippen LogP contribution is -2.23. The smallest absolute Gasteiger partial charge is 0.158 e. The molecule has 3 heteroatoms. The van der Waals surface area contributed by atoms with Gasteiger partial charge in [0.15, 0.2) is 6.10 Å². The van der Waals surface area contributed by atoms with E-state index in [0.717, 1.165) is 12.1 Å². The van der Waals surface area contributed by atoms with Gasteiger partial charge in [0.1, 0.15) is 0 Å². The molecular formula is C8H15NO2. The molecule has 0 aliphatic carbocycles. The van der Waals surface area contributed by atoms with Crippen LogP contribution in [0.1, 0.15) is 27.2 Å². The highest BCUT2D eigenvalue weighted by Crippen LogP contribution is 2.18. The molecule has 1 rings (SSSR count). The fraction of sp³-hybridized carbons (Fsp3) is 0.875. The third-order valence-electron chi connectivity index (χ3n) is 1.92. The van der Waals surface area contributed by atoms with E-state index in [2.05, 4.69) is 19.0 Å². The number of hydrogen-bond donors (Lipinski definition) is 1. The van der Waals surface area contributed by atoms with Gasteiger partial charge in [-0.05, 0) is 12.8 Å². The van der Waals surface area contributed by atoms with E-state index in [1.165, 1.54) is 0 Å². The van der Waals surface area contributed by atoms with E-state index < -0.39 is 6.10 Å². The van der Waals surface area contributed by atoms with Crippen LogP contribution in [-0.4, -0.2) is 23.0 Å². The van der Waals surface area contributed by atoms with Crippen molar-refractivity contribution >= 4 is 5.71 Å². The van der Waals surface area contributed by atoms with Crippen molar-refractivity contribution in [2.75, 3.05) is 0 Å². The van der Waals surface area contributed by atoms with Crippen molar-refractivity contribution in [2.45, 2.75) is 39.4 Å². The lowest BCUT2D eigenvalue weighted by molar-refractivity contribution is -0.00780. The van der Waals surface area contributed by atoms with Crippen LogP contribution >= 0.6 is 0 Å². The van der Waals surface area contributed by atoms with Crippen LogP contribution in [0.2, 0.25) is 0 Å². The average molecular weight is 157 g/mol. The molecule has 1 aliphatic heterocycles. The van der Waals surface area contributed by atoms with Crippen LogP contribution in [0.3, 0.4) is 0 Å². The highest BCUT2D eigenvalue weighted by Gasteiger charge is 2.26. The Kier molecular flexibility index (Phi) is 2.49. The van der Waals surface area contributed by atoms with Crippen molar-refractivity contribution < 1.29 is 9.94 Å². The van der Waals surface area contributed by atoms with E-state index in [-0.39, 0.29) is 6.10 Å². The maximum absolute atomic E-state index is 9.15. The first-order valence-electron chi connectivity index (χ1n) is 4.02. The van der Waals surface area contributed by atoms with Crippen molar-refractivity contribution in [3.63, 3.8) is 0 Å². The molecule has 0 aromatic rings. The molecule has 0 aromatic heterocycles. The summed E-state index contributed by atoms with van der Waals surface area (Å²) in [6, 6.07) is 0. The Morgan fingerprint density at radius 1 is 1.55 bits per heavy atom. The third-order valence-corrected chi connectivity index (χ3v) is 1.92. The Morgan fingerprint density at radius 2 is 2.18 bits per heavy atom. The largest absolute Gasteiger partial charge is 0.389 e. The van der Waals surface area contributed by atoms with Crippen molar-refractivity contribution in [1.82, 2.24) is 0 Å². The van der Waals surface area contributed by atoms with Gasteiger partial charge >= 0.3 is 0 Å². The molecule has 0 saturated carbocycles. The van der Waals surface area contributed by atoms with E-state index in [0.29, 0.717) is 5.92 Å². The van der Waals surface area contributed by atoms with Gasteiger partial charge in [-0.25, -0.2) is 0 Å². The number of aliphatic hydroxyl groups is 1. The topological polar surface area (TPSA) is 41.8 Å². The highest BCUT2D eigenvalue weighted by molar-refractivity contribution is 5.87. The van der Waals surface area contributed by atoms with E-state index in [1.807, 2.05) is 0 Å². The Morgan fingerprint density at radius 3 is 2.45 bits per heavy atom. The first-order valence-corrected chi connectivity index (χ1v) is 4.02. The monoisotopic (exact) mass is 157 g/mol. The second kappa shape index (κ2) is 3.22. The molecule has 0 bridgehead atoms. The van der Waals surface area contributed by atoms with Gasteiger partial charge in [0.25, 0.3) is 0 Å². The summed E-state index contributed by atoms with van der Waals surface area (Å²) in [4.78, 5) is 5.03. The number of oxime groups is 1. The Labute approximate surface area is 67.0 Å². The van der Waals surface area contributed by atoms with Gasteiger partial charge in [0.2, 0.25) is 0 Å². The number of nitrogens with zero attached hydrogens (tertiary/aromatic N) is 1. The molecule has 64 valence electrons. The molecule has 2 atom stereocenters. The zero-order valence-electron chi connectivity index (χ0n) is 7.24. The zero-order valence-corrected chi connectivity index (χ0v) is 7.24. The van der Waals surface area contributed by atoms with Crippen LogP contribution in [-0.2, 0) is 4.84 Å². The van der Waals surface area contributed by atoms with Gasteiger partial charge in [0, 0.05) is 6.42 Å². The number of aliphatic hydroxyl groups excluding tert-OH is 1. The standard InChI is InChI=1S/C8H15NO2/c1-5(2)7-4-8(6(3)10)11-9-7/h5-6,8,10H,4H2,1-3H3/t6-,8-/m1/s1. The average Bonchev–Trinajstić information content (AvgIpc) is 2.33. The van der Waals surface area contributed by atoms with Gasteiger partial charge in [-0.15, -0.1) is 0 Å². The molecule has 0 amide bonds. The molecular weight excluding hydrogens is 142 g/mol. The first-order chi connectivity index (χ1) is 5.11. The second-order valence-corrected chi connectivity index (χ2v) is 3.33. The summed E-state index contributed by atoms with van der Waals surface area (Å²) in [7, 11) is 0. The SMILES string of the molecule is CC(C)C1=NO[C@@H]([C@@H](C)O)C1. The molecule has 1 N–H and O–H groups in total. The summed E-state index contributed by atoms with van der Waals surface area (Å²) in [5.74, 6) is 0.429. The van der Waals surface area contributed by atoms with Crippen molar-refractivity contribution in [1.29, 1.82) is 0 Å². The van der Waals surface area contributed by atoms with Gasteiger partial charge in [-0.2, -0.15) is 0 Å². The van der Waals surface area contributed by atoms with Gasteiger partial charge < -0.3 is 9.94 Å². The van der Waals surface area contributed by atoms with Crippen molar-refractivity contribution in [3.05, 3.63) is 0 Å². The zero-order chi connectivity index (χ0) is 8.43. The van der Waals surface area contributed by atoms with E-state index in [4.69, 9.17) is 9.94 Å². The number of hydrogen-bond acceptors (Lipinski definition) is 3. The van der Waals surface area contributed by atoms with E-state index >= 15 is 0 Å². The van der Waals surface area contributed by atoms with Crippen LogP contribution in [0.25, 0.3) is 0 Å². The summed E-state index contributed by atoms with van der Waals surface area (Å²) >= 11 is 0. The summed E-state index contributed by atoms with van der Waals surface area (Å²) in [6.07, 6.45) is 0.234. The Hall–Kier alpha value is -0.570. The predicted molar refractivity (Wildman–Crippen MR) is 43.4 cm³/mol. The van der Waals surface area contributed by atoms with Gasteiger partial charge in [0.05, 0.1) is 11.8 Å². The summed E-state index contributed by atoms with van der Waals surface area (Å²) in [6.45, 7) is 5.88. The Balaban J connectivity index is 2.43. The molecule has 0 radical (unpaired) electrons. The molecule has 0 unspecified atom stereocenters. The van der Waals surface area contributed by atoms with E-state index in [9.17, 15) is 0 Å². The van der Waals surface area contributed by atoms with Crippen molar-refractivity contribution in [2.24, 2.45) is 11.1 Å². The van der Waals surface area contributed by atoms with Crippen LogP contribution in [0.4, 0.5) is 0 Å². The minimum atomic E-state index is -0.421. The number of rotatable bonds is 2. The molecule has 0 fully saturated rings. The first kappa shape index (κ1) is 8.53. The molecule has 0 aromatic carbocycles. The summed E-state index contributed by atoms with van der Waals surface area (Å²) < 4.78 is 0. The second-order valence-electron chi connectivity index (χ2n) is 3.33. The Bertz CT molecular complexity index is 163. The fourth-order valence-electron chi connectivity index (χ4n) is 1.02. The van der Waals surface area contributed by atoms with Crippen LogP contribution < -0.4 is 0 Å². The minimum absolute atomic E-state index is 0.118. The molecule has 3 nitrogen and oxygen atoms in total. The van der Waals surface area contributed by atoms with Gasteiger partial charge in [-0.3, -0.25) is 0 Å². The molecule has 1 heterocycles.